The zero-order valence-electron chi connectivity index (χ0n) is 18.6. The summed E-state index contributed by atoms with van der Waals surface area (Å²) in [4.78, 5) is 29.2. The maximum absolute atomic E-state index is 11.1. The van der Waals surface area contributed by atoms with Crippen molar-refractivity contribution in [2.24, 2.45) is 0 Å². The molecule has 0 unspecified atom stereocenters. The van der Waals surface area contributed by atoms with Crippen molar-refractivity contribution in [2.75, 3.05) is 7.11 Å². The first-order valence-corrected chi connectivity index (χ1v) is 9.23. The van der Waals surface area contributed by atoms with Crippen molar-refractivity contribution in [1.82, 2.24) is 29.5 Å². The summed E-state index contributed by atoms with van der Waals surface area (Å²) < 4.78 is 7.62. The number of carbonyl (C=O) groups is 2. The van der Waals surface area contributed by atoms with Gasteiger partial charge in [0.1, 0.15) is 12.7 Å². The Morgan fingerprint density at radius 2 is 1.24 bits per heavy atom. The fraction of sp³-hybridized carbons (Fsp3) is 0.143. The first-order chi connectivity index (χ1) is 15.0. The van der Waals surface area contributed by atoms with E-state index in [9.17, 15) is 9.59 Å². The molecule has 174 valence electrons. The number of carboxylic acids is 1. The first-order valence-electron chi connectivity index (χ1n) is 9.23. The van der Waals surface area contributed by atoms with Crippen molar-refractivity contribution in [3.63, 3.8) is 0 Å². The predicted octanol–water partition coefficient (Wildman–Crippen LogP) is -1.86. The normalized spacial score (nSPS) is 9.21. The second-order valence-corrected chi connectivity index (χ2v) is 6.30. The molecule has 4 rings (SSSR count). The maximum atomic E-state index is 11.1. The van der Waals surface area contributed by atoms with E-state index in [0.29, 0.717) is 13.1 Å². The van der Waals surface area contributed by atoms with E-state index in [1.54, 1.807) is 4.68 Å². The number of methoxy groups -OCH3 is 1. The third kappa shape index (κ3) is 8.97. The van der Waals surface area contributed by atoms with Crippen molar-refractivity contribution in [3.05, 3.63) is 96.1 Å². The van der Waals surface area contributed by atoms with Crippen molar-refractivity contribution >= 4 is 11.9 Å². The molecule has 13 heteroatoms. The number of carboxylic acid groups (broad SMARTS) is 1. The van der Waals surface area contributed by atoms with Crippen molar-refractivity contribution in [2.45, 2.75) is 13.1 Å². The van der Waals surface area contributed by atoms with Crippen LogP contribution in [-0.4, -0.2) is 64.6 Å². The van der Waals surface area contributed by atoms with Crippen LogP contribution < -0.4 is 18.9 Å². The Morgan fingerprint density at radius 3 is 1.62 bits per heavy atom. The number of aromatic carboxylic acids is 1. The molecule has 0 fully saturated rings. The maximum Gasteiger partial charge on any atom is 1.00 e. The molecule has 12 nitrogen and oxygen atoms in total. The Hall–Kier alpha value is -3.82. The molecular weight excluding hydrogens is 439 g/mol. The third-order valence-corrected chi connectivity index (χ3v) is 4.01. The summed E-state index contributed by atoms with van der Waals surface area (Å²) in [6, 6.07) is 19.5. The molecule has 2 aromatic heterocycles. The molecule has 0 saturated heterocycles. The van der Waals surface area contributed by atoms with E-state index in [-0.39, 0.29) is 41.5 Å². The van der Waals surface area contributed by atoms with Crippen LogP contribution in [0.4, 0.5) is 0 Å². The SMILES string of the molecule is COC(=O)c1ncn(Cc2ccccc2)n1.O.O=C(O)c1ncn(Cc2ccccc2)n1.[Li+].[OH-]. The largest absolute Gasteiger partial charge is 1.00 e. The topological polar surface area (TPSA) is 187 Å². The molecule has 0 aliphatic carbocycles. The quantitative estimate of drug-likeness (QED) is 0.253. The number of ether oxygens (including phenoxy) is 1. The zero-order valence-corrected chi connectivity index (χ0v) is 18.6. The van der Waals surface area contributed by atoms with E-state index in [4.69, 9.17) is 5.11 Å². The van der Waals surface area contributed by atoms with Crippen molar-refractivity contribution in [1.29, 1.82) is 0 Å². The van der Waals surface area contributed by atoms with E-state index in [0.717, 1.165) is 11.1 Å². The number of rotatable bonds is 6. The smallest absolute Gasteiger partial charge is 0.870 e. The molecule has 2 aromatic carbocycles. The second kappa shape index (κ2) is 15.1. The van der Waals surface area contributed by atoms with Gasteiger partial charge in [0.2, 0.25) is 0 Å². The van der Waals surface area contributed by atoms with E-state index < -0.39 is 11.9 Å². The molecule has 4 N–H and O–H groups in total. The summed E-state index contributed by atoms with van der Waals surface area (Å²) in [7, 11) is 1.31. The second-order valence-electron chi connectivity index (χ2n) is 6.30. The Kier molecular flexibility index (Phi) is 13.4. The van der Waals surface area contributed by atoms with E-state index in [1.165, 1.54) is 24.4 Å². The molecule has 0 amide bonds. The minimum Gasteiger partial charge on any atom is -0.870 e. The van der Waals surface area contributed by atoms with E-state index >= 15 is 0 Å². The molecule has 0 bridgehead atoms. The number of nitrogens with zero attached hydrogens (tertiary/aromatic N) is 6. The van der Waals surface area contributed by atoms with Gasteiger partial charge in [-0.1, -0.05) is 60.7 Å². The molecule has 0 saturated carbocycles. The van der Waals surface area contributed by atoms with Crippen LogP contribution in [0.25, 0.3) is 0 Å². The van der Waals surface area contributed by atoms with Crippen LogP contribution in [0.2, 0.25) is 0 Å². The molecule has 0 atom stereocenters. The monoisotopic (exact) mass is 462 g/mol. The zero-order chi connectivity index (χ0) is 22.1. The average Bonchev–Trinajstić information content (AvgIpc) is 3.45. The fourth-order valence-electron chi connectivity index (χ4n) is 2.57. The Balaban J connectivity index is 0.000000590. The molecule has 2 heterocycles. The van der Waals surface area contributed by atoms with E-state index in [2.05, 4.69) is 24.9 Å². The summed E-state index contributed by atoms with van der Waals surface area (Å²) in [5.41, 5.74) is 2.16. The fourth-order valence-corrected chi connectivity index (χ4v) is 2.57. The summed E-state index contributed by atoms with van der Waals surface area (Å²) in [6.45, 7) is 1.12. The number of hydrogen-bond donors (Lipinski definition) is 1. The Labute approximate surface area is 207 Å². The predicted molar refractivity (Wildman–Crippen MR) is 115 cm³/mol. The number of carbonyl (C=O) groups excluding carboxylic acids is 1. The summed E-state index contributed by atoms with van der Waals surface area (Å²) in [5.74, 6) is -1.72. The van der Waals surface area contributed by atoms with Gasteiger partial charge >= 0.3 is 30.8 Å². The van der Waals surface area contributed by atoms with Crippen LogP contribution in [0.15, 0.2) is 73.3 Å². The summed E-state index contributed by atoms with van der Waals surface area (Å²) in [6.07, 6.45) is 2.93. The first kappa shape index (κ1) is 30.2. The van der Waals surface area contributed by atoms with Crippen LogP contribution >= 0.6 is 0 Å². The van der Waals surface area contributed by atoms with Gasteiger partial charge in [0, 0.05) is 0 Å². The van der Waals surface area contributed by atoms with Crippen LogP contribution in [0.3, 0.4) is 0 Å². The molecule has 34 heavy (non-hydrogen) atoms. The number of aromatic nitrogens is 6. The molecule has 0 radical (unpaired) electrons. The van der Waals surface area contributed by atoms with Gasteiger partial charge < -0.3 is 20.8 Å². The Bertz CT molecular complexity index is 1140. The van der Waals surface area contributed by atoms with Gasteiger partial charge in [-0.2, -0.15) is 0 Å². The van der Waals surface area contributed by atoms with Gasteiger partial charge in [0.05, 0.1) is 20.2 Å². The average molecular weight is 462 g/mol. The minimum absolute atomic E-state index is 0. The molecule has 0 aliphatic heterocycles. The number of hydrogen-bond acceptors (Lipinski definition) is 8. The van der Waals surface area contributed by atoms with Crippen molar-refractivity contribution in [3.8, 4) is 0 Å². The third-order valence-electron chi connectivity index (χ3n) is 4.01. The van der Waals surface area contributed by atoms with E-state index in [1.807, 2.05) is 60.7 Å². The van der Waals surface area contributed by atoms with Gasteiger partial charge in [-0.05, 0) is 11.1 Å². The Morgan fingerprint density at radius 1 is 0.824 bits per heavy atom. The summed E-state index contributed by atoms with van der Waals surface area (Å²) >= 11 is 0. The molecule has 0 aliphatic rings. The van der Waals surface area contributed by atoms with Gasteiger partial charge in [-0.25, -0.2) is 28.9 Å². The standard InChI is InChI=1S/C11H11N3O2.C10H9N3O2.Li.2H2O/c1-16-11(15)10-12-8-14(13-10)7-9-5-3-2-4-6-9;14-10(15)9-11-7-13(12-9)6-8-4-2-1-3-5-8;;;/h2-6,8H,7H2,1H3;1-5,7H,6H2,(H,14,15);;2*1H2/q;;+1;;/p-1. The molecular formula is C21H23LiN6O6. The number of esters is 1. The minimum atomic E-state index is -1.11. The van der Waals surface area contributed by atoms with Gasteiger partial charge in [-0.3, -0.25) is 0 Å². The van der Waals surface area contributed by atoms with Gasteiger partial charge in [0.25, 0.3) is 11.6 Å². The van der Waals surface area contributed by atoms with Gasteiger partial charge in [-0.15, -0.1) is 10.2 Å². The van der Waals surface area contributed by atoms with Crippen LogP contribution in [0.1, 0.15) is 32.4 Å². The van der Waals surface area contributed by atoms with Crippen LogP contribution in [0.5, 0.6) is 0 Å². The summed E-state index contributed by atoms with van der Waals surface area (Å²) in [5, 5.41) is 16.4. The van der Waals surface area contributed by atoms with Crippen LogP contribution in [0, 0.1) is 0 Å². The molecule has 4 aromatic rings. The van der Waals surface area contributed by atoms with Gasteiger partial charge in [0.15, 0.2) is 0 Å². The van der Waals surface area contributed by atoms with Crippen molar-refractivity contribution < 1.29 is 49.2 Å². The van der Waals surface area contributed by atoms with Crippen LogP contribution in [-0.2, 0) is 17.8 Å². The number of benzene rings is 2. The molecule has 0 spiro atoms.